The monoisotopic (exact) mass is 345 g/mol. The Morgan fingerprint density at radius 1 is 0.864 bits per heavy atom. The van der Waals surface area contributed by atoms with E-state index < -0.39 is 25.1 Å². The van der Waals surface area contributed by atoms with Crippen molar-refractivity contribution in [3.8, 4) is 5.75 Å². The summed E-state index contributed by atoms with van der Waals surface area (Å²) < 4.78 is 62.8. The van der Waals surface area contributed by atoms with Crippen LogP contribution >= 0.6 is 0 Å². The first-order valence-electron chi connectivity index (χ1n) is 5.72. The molecule has 2 aromatic carbocycles. The molecule has 4 N–H and O–H groups in total. The molecule has 22 heavy (non-hydrogen) atoms. The molecule has 0 amide bonds. The first kappa shape index (κ1) is 16.2. The summed E-state index contributed by atoms with van der Waals surface area (Å²) in [4.78, 5) is -0.963. The van der Waals surface area contributed by atoms with Crippen molar-refractivity contribution in [2.24, 2.45) is 0 Å². The van der Waals surface area contributed by atoms with E-state index in [0.717, 1.165) is 18.2 Å². The van der Waals surface area contributed by atoms with Crippen LogP contribution in [0, 0.1) is 0 Å². The summed E-state index contributed by atoms with van der Waals surface area (Å²) in [6.07, 6.45) is 0. The van der Waals surface area contributed by atoms with Crippen LogP contribution in [0.15, 0.2) is 52.3 Å². The molecular weight excluding hydrogens is 334 g/mol. The number of hydrogen-bond acceptors (Lipinski definition) is 6. The highest BCUT2D eigenvalue weighted by atomic mass is 32.2. The van der Waals surface area contributed by atoms with Crippen LogP contribution in [0.5, 0.6) is 5.75 Å². The molecule has 0 unspecified atom stereocenters. The molecular formula is C12H11NO7S2. The average Bonchev–Trinajstić information content (AvgIpc) is 2.39. The molecule has 10 heteroatoms. The summed E-state index contributed by atoms with van der Waals surface area (Å²) in [7, 11) is -9.02. The minimum atomic E-state index is -4.60. The maximum atomic E-state index is 11.3. The third kappa shape index (κ3) is 3.74. The van der Waals surface area contributed by atoms with Crippen LogP contribution in [0.25, 0.3) is 0 Å². The predicted octanol–water partition coefficient (Wildman–Crippen LogP) is 1.63. The molecule has 0 radical (unpaired) electrons. The number of phenols is 1. The van der Waals surface area contributed by atoms with Crippen molar-refractivity contribution in [1.82, 2.24) is 0 Å². The Bertz CT molecular complexity index is 920. The Morgan fingerprint density at radius 3 is 2.14 bits per heavy atom. The average molecular weight is 345 g/mol. The van der Waals surface area contributed by atoms with Gasteiger partial charge in [-0.2, -0.15) is 16.8 Å². The number of anilines is 2. The smallest absolute Gasteiger partial charge is 0.296 e. The zero-order chi connectivity index (χ0) is 16.5. The van der Waals surface area contributed by atoms with Gasteiger partial charge < -0.3 is 10.4 Å². The van der Waals surface area contributed by atoms with Crippen molar-refractivity contribution >= 4 is 31.6 Å². The lowest BCUT2D eigenvalue weighted by atomic mass is 10.2. The molecule has 118 valence electrons. The summed E-state index contributed by atoms with van der Waals surface area (Å²) in [5.74, 6) is -0.370. The maximum absolute atomic E-state index is 11.3. The Kier molecular flexibility index (Phi) is 4.11. The standard InChI is InChI=1S/C12H11NO7S2/c14-9-4-5-11(12(7-9)22(18,19)20)13-8-2-1-3-10(6-8)21(15,16)17/h1-7,13-14H,(H,15,16,17)(H,18,19,20). The lowest BCUT2D eigenvalue weighted by Crippen LogP contribution is -2.04. The fourth-order valence-electron chi connectivity index (χ4n) is 1.72. The topological polar surface area (TPSA) is 141 Å². The van der Waals surface area contributed by atoms with E-state index in [0.29, 0.717) is 0 Å². The Balaban J connectivity index is 2.49. The van der Waals surface area contributed by atoms with Gasteiger partial charge in [0.15, 0.2) is 0 Å². The molecule has 8 nitrogen and oxygen atoms in total. The van der Waals surface area contributed by atoms with Gasteiger partial charge in [-0.15, -0.1) is 0 Å². The number of nitrogens with one attached hydrogen (secondary N) is 1. The van der Waals surface area contributed by atoms with Crippen molar-refractivity contribution in [1.29, 1.82) is 0 Å². The van der Waals surface area contributed by atoms with Gasteiger partial charge in [0, 0.05) is 11.8 Å². The fraction of sp³-hybridized carbons (Fsp3) is 0. The van der Waals surface area contributed by atoms with Crippen molar-refractivity contribution < 1.29 is 31.0 Å². The molecule has 0 bridgehead atoms. The van der Waals surface area contributed by atoms with Gasteiger partial charge in [0.2, 0.25) is 0 Å². The SMILES string of the molecule is O=S(=O)(O)c1cccc(Nc2ccc(O)cc2S(=O)(=O)O)c1. The quantitative estimate of drug-likeness (QED) is 0.484. The minimum absolute atomic E-state index is 0.0761. The van der Waals surface area contributed by atoms with Crippen LogP contribution < -0.4 is 5.32 Å². The summed E-state index contributed by atoms with van der Waals surface area (Å²) in [5, 5.41) is 11.9. The summed E-state index contributed by atoms with van der Waals surface area (Å²) >= 11 is 0. The van der Waals surface area contributed by atoms with E-state index >= 15 is 0 Å². The van der Waals surface area contributed by atoms with Crippen LogP contribution in [0.4, 0.5) is 11.4 Å². The highest BCUT2D eigenvalue weighted by Gasteiger charge is 2.17. The lowest BCUT2D eigenvalue weighted by Gasteiger charge is -2.11. The largest absolute Gasteiger partial charge is 0.508 e. The van der Waals surface area contributed by atoms with Crippen molar-refractivity contribution in [2.75, 3.05) is 5.32 Å². The number of hydrogen-bond donors (Lipinski definition) is 4. The van der Waals surface area contributed by atoms with E-state index in [1.165, 1.54) is 24.3 Å². The van der Waals surface area contributed by atoms with Crippen LogP contribution in [0.1, 0.15) is 0 Å². The molecule has 2 aromatic rings. The van der Waals surface area contributed by atoms with Crippen LogP contribution in [-0.2, 0) is 20.2 Å². The van der Waals surface area contributed by atoms with Gasteiger partial charge in [0.05, 0.1) is 10.6 Å². The molecule has 0 heterocycles. The van der Waals surface area contributed by atoms with Gasteiger partial charge in [0.25, 0.3) is 20.2 Å². The van der Waals surface area contributed by atoms with E-state index in [1.54, 1.807) is 0 Å². The molecule has 0 aliphatic carbocycles. The molecule has 0 aliphatic rings. The highest BCUT2D eigenvalue weighted by Crippen LogP contribution is 2.29. The predicted molar refractivity (Wildman–Crippen MR) is 77.5 cm³/mol. The van der Waals surface area contributed by atoms with E-state index in [9.17, 15) is 21.9 Å². The first-order chi connectivity index (χ1) is 10.1. The molecule has 0 saturated heterocycles. The number of phenolic OH excluding ortho intramolecular Hbond substituents is 1. The van der Waals surface area contributed by atoms with Gasteiger partial charge in [-0.25, -0.2) is 0 Å². The third-order valence-electron chi connectivity index (χ3n) is 2.65. The minimum Gasteiger partial charge on any atom is -0.508 e. The summed E-state index contributed by atoms with van der Waals surface area (Å²) in [6.45, 7) is 0. The molecule has 2 rings (SSSR count). The molecule has 0 spiro atoms. The first-order valence-corrected chi connectivity index (χ1v) is 8.60. The Morgan fingerprint density at radius 2 is 1.55 bits per heavy atom. The van der Waals surface area contributed by atoms with Crippen LogP contribution in [-0.4, -0.2) is 31.0 Å². The number of rotatable bonds is 4. The zero-order valence-corrected chi connectivity index (χ0v) is 12.5. The van der Waals surface area contributed by atoms with Crippen LogP contribution in [0.2, 0.25) is 0 Å². The maximum Gasteiger partial charge on any atom is 0.296 e. The lowest BCUT2D eigenvalue weighted by molar-refractivity contribution is 0.466. The molecule has 0 saturated carbocycles. The molecule has 0 fully saturated rings. The molecule has 0 aromatic heterocycles. The normalized spacial score (nSPS) is 12.1. The fourth-order valence-corrected chi connectivity index (χ4v) is 2.91. The van der Waals surface area contributed by atoms with Crippen LogP contribution in [0.3, 0.4) is 0 Å². The summed E-state index contributed by atoms with van der Waals surface area (Å²) in [5.41, 5.74) is 0.0819. The van der Waals surface area contributed by atoms with Crippen molar-refractivity contribution in [3.63, 3.8) is 0 Å². The van der Waals surface area contributed by atoms with Crippen molar-refractivity contribution in [3.05, 3.63) is 42.5 Å². The number of benzene rings is 2. The van der Waals surface area contributed by atoms with E-state index in [-0.39, 0.29) is 22.0 Å². The Labute approximate surface area is 126 Å². The highest BCUT2D eigenvalue weighted by molar-refractivity contribution is 7.86. The third-order valence-corrected chi connectivity index (χ3v) is 4.40. The van der Waals surface area contributed by atoms with Gasteiger partial charge in [-0.3, -0.25) is 9.11 Å². The molecule has 0 aliphatic heterocycles. The van der Waals surface area contributed by atoms with E-state index in [1.807, 2.05) is 0 Å². The Hall–Kier alpha value is -2.14. The van der Waals surface area contributed by atoms with Gasteiger partial charge >= 0.3 is 0 Å². The summed E-state index contributed by atoms with van der Waals surface area (Å²) in [6, 6.07) is 8.21. The number of aromatic hydroxyl groups is 1. The van der Waals surface area contributed by atoms with E-state index in [4.69, 9.17) is 9.11 Å². The van der Waals surface area contributed by atoms with E-state index in [2.05, 4.69) is 5.32 Å². The second-order valence-electron chi connectivity index (χ2n) is 4.28. The molecule has 0 atom stereocenters. The van der Waals surface area contributed by atoms with Gasteiger partial charge in [-0.1, -0.05) is 6.07 Å². The zero-order valence-electron chi connectivity index (χ0n) is 10.8. The second kappa shape index (κ2) is 5.57. The van der Waals surface area contributed by atoms with Gasteiger partial charge in [0.1, 0.15) is 10.6 Å². The van der Waals surface area contributed by atoms with Crippen molar-refractivity contribution in [2.45, 2.75) is 9.79 Å². The second-order valence-corrected chi connectivity index (χ2v) is 7.09. The van der Waals surface area contributed by atoms with Gasteiger partial charge in [-0.05, 0) is 30.3 Å².